The predicted octanol–water partition coefficient (Wildman–Crippen LogP) is 1.17. The fraction of sp³-hybridized carbons (Fsp3) is 1.00. The molecule has 0 aromatic rings. The lowest BCUT2D eigenvalue weighted by atomic mass is 9.97. The number of hydrogen-bond donors (Lipinski definition) is 0. The van der Waals surface area contributed by atoms with Gasteiger partial charge in [0.05, 0.1) is 6.10 Å². The van der Waals surface area contributed by atoms with Crippen LogP contribution in [0.3, 0.4) is 0 Å². The van der Waals surface area contributed by atoms with Crippen LogP contribution in [-0.4, -0.2) is 20.0 Å². The second-order valence-electron chi connectivity index (χ2n) is 2.57. The van der Waals surface area contributed by atoms with Crippen LogP contribution in [0.15, 0.2) is 0 Å². The van der Waals surface area contributed by atoms with Crippen LogP contribution in [-0.2, 0) is 4.74 Å². The van der Waals surface area contributed by atoms with E-state index in [1.54, 1.807) is 0 Å². The molecule has 54 valence electrons. The summed E-state index contributed by atoms with van der Waals surface area (Å²) in [7, 11) is 2.12. The van der Waals surface area contributed by atoms with Crippen molar-refractivity contribution < 1.29 is 4.74 Å². The van der Waals surface area contributed by atoms with E-state index >= 15 is 0 Å². The van der Waals surface area contributed by atoms with Crippen molar-refractivity contribution in [3.8, 4) is 0 Å². The maximum absolute atomic E-state index is 5.55. The molecule has 2 unspecified atom stereocenters. The van der Waals surface area contributed by atoms with Crippen molar-refractivity contribution in [2.45, 2.75) is 45.7 Å². The van der Waals surface area contributed by atoms with Crippen molar-refractivity contribution in [1.82, 2.24) is 0 Å². The monoisotopic (exact) mass is 128 g/mol. The third kappa shape index (κ3) is 4.52. The SMILES string of the molecule is BC(CC)OC(C)CC. The van der Waals surface area contributed by atoms with Gasteiger partial charge in [0.2, 0.25) is 0 Å². The Bertz CT molecular complexity index is 57.9. The molecular weight excluding hydrogens is 111 g/mol. The van der Waals surface area contributed by atoms with E-state index in [1.807, 2.05) is 0 Å². The first kappa shape index (κ1) is 9.02. The largest absolute Gasteiger partial charge is 0.384 e. The Morgan fingerprint density at radius 3 is 2.22 bits per heavy atom. The molecule has 0 aliphatic heterocycles. The molecule has 1 nitrogen and oxygen atoms in total. The predicted molar refractivity (Wildman–Crippen MR) is 43.5 cm³/mol. The van der Waals surface area contributed by atoms with Crippen molar-refractivity contribution in [3.05, 3.63) is 0 Å². The van der Waals surface area contributed by atoms with Gasteiger partial charge in [0.15, 0.2) is 0 Å². The molecule has 2 heteroatoms. The van der Waals surface area contributed by atoms with Crippen LogP contribution < -0.4 is 0 Å². The lowest BCUT2D eigenvalue weighted by molar-refractivity contribution is 0.0389. The normalized spacial score (nSPS) is 17.2. The lowest BCUT2D eigenvalue weighted by Gasteiger charge is -2.15. The Balaban J connectivity index is 3.22. The molecule has 0 heterocycles. The van der Waals surface area contributed by atoms with Crippen LogP contribution in [0.2, 0.25) is 0 Å². The zero-order valence-electron chi connectivity index (χ0n) is 6.98. The smallest absolute Gasteiger partial charge is 0.139 e. The van der Waals surface area contributed by atoms with E-state index < -0.39 is 0 Å². The average Bonchev–Trinajstić information content (AvgIpc) is 1.87. The van der Waals surface area contributed by atoms with Gasteiger partial charge < -0.3 is 4.74 Å². The Morgan fingerprint density at radius 2 is 1.89 bits per heavy atom. The van der Waals surface area contributed by atoms with Gasteiger partial charge in [-0.2, -0.15) is 0 Å². The summed E-state index contributed by atoms with van der Waals surface area (Å²) in [4.78, 5) is 0. The highest BCUT2D eigenvalue weighted by Crippen LogP contribution is 2.01. The van der Waals surface area contributed by atoms with Crippen LogP contribution in [0.5, 0.6) is 0 Å². The van der Waals surface area contributed by atoms with Crippen LogP contribution in [0.1, 0.15) is 33.6 Å². The molecule has 0 aliphatic carbocycles. The molecule has 0 saturated heterocycles. The molecule has 0 rings (SSSR count). The van der Waals surface area contributed by atoms with E-state index in [4.69, 9.17) is 4.74 Å². The first-order valence-electron chi connectivity index (χ1n) is 3.86. The first-order valence-corrected chi connectivity index (χ1v) is 3.86. The van der Waals surface area contributed by atoms with Gasteiger partial charge in [-0.3, -0.25) is 0 Å². The van der Waals surface area contributed by atoms with Gasteiger partial charge in [-0.1, -0.05) is 13.8 Å². The van der Waals surface area contributed by atoms with Gasteiger partial charge in [0, 0.05) is 6.00 Å². The zero-order valence-corrected chi connectivity index (χ0v) is 6.98. The van der Waals surface area contributed by atoms with Crippen molar-refractivity contribution >= 4 is 7.85 Å². The number of ether oxygens (including phenoxy) is 1. The summed E-state index contributed by atoms with van der Waals surface area (Å²) in [5.41, 5.74) is 0. The molecular formula is C7H17BO. The van der Waals surface area contributed by atoms with E-state index in [0.717, 1.165) is 12.8 Å². The van der Waals surface area contributed by atoms with Crippen molar-refractivity contribution in [2.24, 2.45) is 0 Å². The van der Waals surface area contributed by atoms with Gasteiger partial charge >= 0.3 is 0 Å². The van der Waals surface area contributed by atoms with Crippen molar-refractivity contribution in [2.75, 3.05) is 0 Å². The van der Waals surface area contributed by atoms with E-state index in [9.17, 15) is 0 Å². The maximum Gasteiger partial charge on any atom is 0.139 e. The fourth-order valence-electron chi connectivity index (χ4n) is 0.589. The lowest BCUT2D eigenvalue weighted by Crippen LogP contribution is -2.18. The van der Waals surface area contributed by atoms with Crippen LogP contribution in [0.4, 0.5) is 0 Å². The number of hydrogen-bond acceptors (Lipinski definition) is 1. The summed E-state index contributed by atoms with van der Waals surface area (Å²) in [6.45, 7) is 6.41. The van der Waals surface area contributed by atoms with Crippen LogP contribution >= 0.6 is 0 Å². The fourth-order valence-corrected chi connectivity index (χ4v) is 0.589. The summed E-state index contributed by atoms with van der Waals surface area (Å²) in [6, 6.07) is 0.431. The molecule has 0 aromatic carbocycles. The quantitative estimate of drug-likeness (QED) is 0.516. The standard InChI is InChI=1S/C7H17BO/c1-4-6(3)9-7(8)5-2/h6-7H,4-5,8H2,1-3H3. The van der Waals surface area contributed by atoms with Crippen molar-refractivity contribution in [3.63, 3.8) is 0 Å². The van der Waals surface area contributed by atoms with Gasteiger partial charge in [-0.05, 0) is 19.8 Å². The highest BCUT2D eigenvalue weighted by molar-refractivity contribution is 6.10. The molecule has 0 amide bonds. The van der Waals surface area contributed by atoms with E-state index in [0.29, 0.717) is 12.1 Å². The Morgan fingerprint density at radius 1 is 1.33 bits per heavy atom. The molecule has 0 radical (unpaired) electrons. The molecule has 0 saturated carbocycles. The highest BCUT2D eigenvalue weighted by atomic mass is 16.5. The molecule has 0 fully saturated rings. The first-order chi connectivity index (χ1) is 4.20. The van der Waals surface area contributed by atoms with E-state index in [2.05, 4.69) is 28.6 Å². The summed E-state index contributed by atoms with van der Waals surface area (Å²) in [5, 5.41) is 0. The molecule has 0 spiro atoms. The molecule has 0 aromatic heterocycles. The summed E-state index contributed by atoms with van der Waals surface area (Å²) in [6.07, 6.45) is 2.66. The Kier molecular flexibility index (Phi) is 4.88. The van der Waals surface area contributed by atoms with Gasteiger partial charge in [-0.15, -0.1) is 0 Å². The Hall–Kier alpha value is 0.0249. The zero-order chi connectivity index (χ0) is 7.28. The minimum Gasteiger partial charge on any atom is -0.384 e. The summed E-state index contributed by atoms with van der Waals surface area (Å²) < 4.78 is 5.55. The third-order valence-corrected chi connectivity index (χ3v) is 1.61. The molecule has 9 heavy (non-hydrogen) atoms. The minimum absolute atomic E-state index is 0.431. The molecule has 0 N–H and O–H groups in total. The van der Waals surface area contributed by atoms with Gasteiger partial charge in [0.1, 0.15) is 7.85 Å². The van der Waals surface area contributed by atoms with E-state index in [1.165, 1.54) is 0 Å². The average molecular weight is 128 g/mol. The van der Waals surface area contributed by atoms with Crippen LogP contribution in [0.25, 0.3) is 0 Å². The van der Waals surface area contributed by atoms with Gasteiger partial charge in [0.25, 0.3) is 0 Å². The molecule has 0 aliphatic rings. The highest BCUT2D eigenvalue weighted by Gasteiger charge is 2.02. The molecule has 2 atom stereocenters. The van der Waals surface area contributed by atoms with Crippen LogP contribution in [0, 0.1) is 0 Å². The van der Waals surface area contributed by atoms with Gasteiger partial charge in [-0.25, -0.2) is 0 Å². The summed E-state index contributed by atoms with van der Waals surface area (Å²) in [5.74, 6) is 0. The van der Waals surface area contributed by atoms with E-state index in [-0.39, 0.29) is 0 Å². The molecule has 0 bridgehead atoms. The third-order valence-electron chi connectivity index (χ3n) is 1.61. The minimum atomic E-state index is 0.431. The Labute approximate surface area is 59.2 Å². The second-order valence-corrected chi connectivity index (χ2v) is 2.57. The van der Waals surface area contributed by atoms with Crippen molar-refractivity contribution in [1.29, 1.82) is 0 Å². The number of rotatable bonds is 4. The second kappa shape index (κ2) is 4.86. The maximum atomic E-state index is 5.55. The summed E-state index contributed by atoms with van der Waals surface area (Å²) >= 11 is 0. The topological polar surface area (TPSA) is 9.23 Å².